The number of hydrogen-bond donors (Lipinski definition) is 1. The summed E-state index contributed by atoms with van der Waals surface area (Å²) in [6.45, 7) is 4.33. The van der Waals surface area contributed by atoms with E-state index >= 15 is 0 Å². The summed E-state index contributed by atoms with van der Waals surface area (Å²) >= 11 is 6.19. The van der Waals surface area contributed by atoms with E-state index in [1.165, 1.54) is 19.1 Å². The third-order valence-corrected chi connectivity index (χ3v) is 5.56. The first-order valence-corrected chi connectivity index (χ1v) is 9.49. The standard InChI is InChI=1S/C15H23ClN2O2S/c1-11(12-5-4-8-18(2)10-12)17-15-9-13(21(3,19)20)6-7-14(15)16/h6-7,9,11-12,17H,4-5,8,10H2,1-3H3. The topological polar surface area (TPSA) is 49.4 Å². The van der Waals surface area contributed by atoms with E-state index in [0.29, 0.717) is 21.5 Å². The minimum atomic E-state index is -3.22. The predicted molar refractivity (Wildman–Crippen MR) is 87.9 cm³/mol. The molecule has 4 nitrogen and oxygen atoms in total. The van der Waals surface area contributed by atoms with Gasteiger partial charge in [0, 0.05) is 18.8 Å². The zero-order chi connectivity index (χ0) is 15.6. The van der Waals surface area contributed by atoms with Gasteiger partial charge in [0.25, 0.3) is 0 Å². The largest absolute Gasteiger partial charge is 0.381 e. The van der Waals surface area contributed by atoms with Gasteiger partial charge in [-0.25, -0.2) is 8.42 Å². The van der Waals surface area contributed by atoms with Gasteiger partial charge < -0.3 is 10.2 Å². The fourth-order valence-corrected chi connectivity index (χ4v) is 3.64. The Morgan fingerprint density at radius 1 is 1.43 bits per heavy atom. The van der Waals surface area contributed by atoms with Gasteiger partial charge in [0.2, 0.25) is 0 Å². The smallest absolute Gasteiger partial charge is 0.175 e. The summed E-state index contributed by atoms with van der Waals surface area (Å²) in [4.78, 5) is 2.63. The van der Waals surface area contributed by atoms with Gasteiger partial charge in [-0.2, -0.15) is 0 Å². The molecule has 2 unspecified atom stereocenters. The Morgan fingerprint density at radius 3 is 2.76 bits per heavy atom. The molecule has 21 heavy (non-hydrogen) atoms. The molecule has 1 aliphatic heterocycles. The Labute approximate surface area is 132 Å². The van der Waals surface area contributed by atoms with Crippen LogP contribution in [0.5, 0.6) is 0 Å². The van der Waals surface area contributed by atoms with E-state index in [1.54, 1.807) is 18.2 Å². The lowest BCUT2D eigenvalue weighted by Crippen LogP contribution is -2.39. The SMILES string of the molecule is CC(Nc1cc(S(C)(=O)=O)ccc1Cl)C1CCCN(C)C1. The molecule has 1 fully saturated rings. The van der Waals surface area contributed by atoms with Crippen LogP contribution in [0.3, 0.4) is 0 Å². The average Bonchev–Trinajstić information content (AvgIpc) is 2.40. The van der Waals surface area contributed by atoms with Crippen LogP contribution in [0.1, 0.15) is 19.8 Å². The molecule has 0 radical (unpaired) electrons. The number of anilines is 1. The van der Waals surface area contributed by atoms with Crippen LogP contribution in [0.2, 0.25) is 5.02 Å². The maximum atomic E-state index is 11.6. The van der Waals surface area contributed by atoms with Crippen molar-refractivity contribution in [1.29, 1.82) is 0 Å². The van der Waals surface area contributed by atoms with Crippen LogP contribution >= 0.6 is 11.6 Å². The summed E-state index contributed by atoms with van der Waals surface area (Å²) in [6, 6.07) is 5.06. The van der Waals surface area contributed by atoms with Crippen LogP contribution in [-0.4, -0.2) is 45.8 Å². The molecule has 0 aromatic heterocycles. The first kappa shape index (κ1) is 16.6. The minimum Gasteiger partial charge on any atom is -0.381 e. The van der Waals surface area contributed by atoms with Gasteiger partial charge >= 0.3 is 0 Å². The highest BCUT2D eigenvalue weighted by molar-refractivity contribution is 7.90. The van der Waals surface area contributed by atoms with Gasteiger partial charge in [0.1, 0.15) is 0 Å². The maximum absolute atomic E-state index is 11.6. The third-order valence-electron chi connectivity index (χ3n) is 4.12. The van der Waals surface area contributed by atoms with E-state index in [0.717, 1.165) is 13.1 Å². The molecule has 1 heterocycles. The number of sulfone groups is 1. The van der Waals surface area contributed by atoms with Crippen LogP contribution in [0.15, 0.2) is 23.1 Å². The monoisotopic (exact) mass is 330 g/mol. The summed E-state index contributed by atoms with van der Waals surface area (Å²) in [6.07, 6.45) is 3.59. The number of nitrogens with one attached hydrogen (secondary N) is 1. The zero-order valence-electron chi connectivity index (χ0n) is 12.8. The lowest BCUT2D eigenvalue weighted by atomic mass is 9.92. The van der Waals surface area contributed by atoms with Crippen molar-refractivity contribution in [2.75, 3.05) is 31.7 Å². The number of benzene rings is 1. The van der Waals surface area contributed by atoms with Crippen LogP contribution in [0.4, 0.5) is 5.69 Å². The molecule has 0 bridgehead atoms. The first-order chi connectivity index (χ1) is 9.77. The highest BCUT2D eigenvalue weighted by atomic mass is 35.5. The van der Waals surface area contributed by atoms with Gasteiger partial charge in [-0.3, -0.25) is 0 Å². The molecule has 2 rings (SSSR count). The number of rotatable bonds is 4. The molecule has 1 aromatic carbocycles. The number of hydrogen-bond acceptors (Lipinski definition) is 4. The van der Waals surface area contributed by atoms with Crippen molar-refractivity contribution < 1.29 is 8.42 Å². The molecule has 2 atom stereocenters. The van der Waals surface area contributed by atoms with E-state index in [2.05, 4.69) is 24.2 Å². The molecule has 1 N–H and O–H groups in total. The molecule has 0 spiro atoms. The summed E-state index contributed by atoms with van der Waals surface area (Å²) in [7, 11) is -1.08. The molecule has 1 aromatic rings. The van der Waals surface area contributed by atoms with Crippen LogP contribution in [-0.2, 0) is 9.84 Å². The fourth-order valence-electron chi connectivity index (χ4n) is 2.82. The van der Waals surface area contributed by atoms with Crippen molar-refractivity contribution >= 4 is 27.1 Å². The van der Waals surface area contributed by atoms with E-state index in [4.69, 9.17) is 11.6 Å². The van der Waals surface area contributed by atoms with Crippen molar-refractivity contribution in [3.8, 4) is 0 Å². The Balaban J connectivity index is 2.15. The number of halogens is 1. The third kappa shape index (κ3) is 4.34. The molecule has 1 aliphatic rings. The van der Waals surface area contributed by atoms with E-state index in [1.807, 2.05) is 0 Å². The minimum absolute atomic E-state index is 0.250. The average molecular weight is 331 g/mol. The second-order valence-corrected chi connectivity index (χ2v) is 8.43. The molecule has 1 saturated heterocycles. The van der Waals surface area contributed by atoms with Gasteiger partial charge in [0.15, 0.2) is 9.84 Å². The van der Waals surface area contributed by atoms with Crippen molar-refractivity contribution in [3.63, 3.8) is 0 Å². The van der Waals surface area contributed by atoms with Gasteiger partial charge in [-0.15, -0.1) is 0 Å². The summed E-state index contributed by atoms with van der Waals surface area (Å²) in [5.41, 5.74) is 0.695. The maximum Gasteiger partial charge on any atom is 0.175 e. The molecule has 0 saturated carbocycles. The molecule has 0 aliphatic carbocycles. The Hall–Kier alpha value is -0.780. The van der Waals surface area contributed by atoms with Crippen LogP contribution in [0, 0.1) is 5.92 Å². The van der Waals surface area contributed by atoms with Crippen LogP contribution < -0.4 is 5.32 Å². The van der Waals surface area contributed by atoms with Gasteiger partial charge in [0.05, 0.1) is 15.6 Å². The van der Waals surface area contributed by atoms with Crippen molar-refractivity contribution in [1.82, 2.24) is 4.90 Å². The predicted octanol–water partition coefficient (Wildman–Crippen LogP) is 2.89. The lowest BCUT2D eigenvalue weighted by molar-refractivity contribution is 0.197. The summed E-state index contributed by atoms with van der Waals surface area (Å²) in [5, 5.41) is 3.94. The Bertz CT molecular complexity index is 604. The number of nitrogens with zero attached hydrogens (tertiary/aromatic N) is 1. The van der Waals surface area contributed by atoms with Crippen molar-refractivity contribution in [2.24, 2.45) is 5.92 Å². The second-order valence-electron chi connectivity index (χ2n) is 6.01. The molecular weight excluding hydrogens is 308 g/mol. The Morgan fingerprint density at radius 2 is 2.14 bits per heavy atom. The van der Waals surface area contributed by atoms with E-state index in [9.17, 15) is 8.42 Å². The quantitative estimate of drug-likeness (QED) is 0.922. The second kappa shape index (κ2) is 6.55. The lowest BCUT2D eigenvalue weighted by Gasteiger charge is -2.34. The summed E-state index contributed by atoms with van der Waals surface area (Å²) in [5.74, 6) is 0.543. The van der Waals surface area contributed by atoms with Crippen molar-refractivity contribution in [3.05, 3.63) is 23.2 Å². The van der Waals surface area contributed by atoms with Crippen molar-refractivity contribution in [2.45, 2.75) is 30.7 Å². The number of likely N-dealkylation sites (tertiary alicyclic amines) is 1. The molecule has 118 valence electrons. The van der Waals surface area contributed by atoms with E-state index in [-0.39, 0.29) is 6.04 Å². The first-order valence-electron chi connectivity index (χ1n) is 7.22. The Kier molecular flexibility index (Phi) is 5.17. The van der Waals surface area contributed by atoms with Gasteiger partial charge in [-0.05, 0) is 57.5 Å². The highest BCUT2D eigenvalue weighted by Crippen LogP contribution is 2.28. The molecular formula is C15H23ClN2O2S. The molecule has 6 heteroatoms. The summed E-state index contributed by atoms with van der Waals surface area (Å²) < 4.78 is 23.3. The molecule has 0 amide bonds. The zero-order valence-corrected chi connectivity index (χ0v) is 14.3. The fraction of sp³-hybridized carbons (Fsp3) is 0.600. The van der Waals surface area contributed by atoms with E-state index < -0.39 is 9.84 Å². The highest BCUT2D eigenvalue weighted by Gasteiger charge is 2.23. The normalized spacial score (nSPS) is 22.0. The van der Waals surface area contributed by atoms with Crippen LogP contribution in [0.25, 0.3) is 0 Å². The van der Waals surface area contributed by atoms with Gasteiger partial charge in [-0.1, -0.05) is 11.6 Å². The number of piperidine rings is 1.